The molecule has 4 heteroatoms. The van der Waals surface area contributed by atoms with Crippen LogP contribution in [0.5, 0.6) is 0 Å². The first-order chi connectivity index (χ1) is 7.74. The maximum absolute atomic E-state index is 5.81. The van der Waals surface area contributed by atoms with E-state index in [-0.39, 0.29) is 6.04 Å². The van der Waals surface area contributed by atoms with E-state index in [1.165, 1.54) is 0 Å². The van der Waals surface area contributed by atoms with E-state index in [1.807, 2.05) is 38.6 Å². The van der Waals surface area contributed by atoms with E-state index >= 15 is 0 Å². The summed E-state index contributed by atoms with van der Waals surface area (Å²) < 4.78 is 7.58. The fraction of sp³-hybridized carbons (Fsp3) is 0.417. The first kappa shape index (κ1) is 11.0. The third-order valence-electron chi connectivity index (χ3n) is 2.72. The quantitative estimate of drug-likeness (QED) is 0.858. The van der Waals surface area contributed by atoms with E-state index in [0.29, 0.717) is 0 Å². The third kappa shape index (κ3) is 2.02. The summed E-state index contributed by atoms with van der Waals surface area (Å²) in [6.07, 6.45) is 4.77. The van der Waals surface area contributed by atoms with Crippen molar-refractivity contribution in [2.75, 3.05) is 7.05 Å². The maximum Gasteiger partial charge on any atom is 0.137 e. The monoisotopic (exact) mass is 219 g/mol. The molecule has 0 fully saturated rings. The number of aryl methyl sites for hydroxylation is 1. The Morgan fingerprint density at radius 1 is 1.50 bits per heavy atom. The van der Waals surface area contributed by atoms with Crippen LogP contribution in [-0.2, 0) is 7.05 Å². The molecule has 16 heavy (non-hydrogen) atoms. The number of hydrogen-bond acceptors (Lipinski definition) is 3. The second kappa shape index (κ2) is 4.53. The number of aromatic nitrogens is 2. The average Bonchev–Trinajstić information content (AvgIpc) is 2.89. The molecule has 0 aromatic carbocycles. The van der Waals surface area contributed by atoms with Gasteiger partial charge in [0, 0.05) is 13.2 Å². The fourth-order valence-corrected chi connectivity index (χ4v) is 1.79. The third-order valence-corrected chi connectivity index (χ3v) is 2.72. The number of furan rings is 1. The highest BCUT2D eigenvalue weighted by Crippen LogP contribution is 2.25. The predicted octanol–water partition coefficient (Wildman–Crippen LogP) is 2.35. The Hall–Kier alpha value is -1.55. The summed E-state index contributed by atoms with van der Waals surface area (Å²) in [5.41, 5.74) is 1.01. The van der Waals surface area contributed by atoms with Crippen molar-refractivity contribution in [2.24, 2.45) is 7.05 Å². The molecule has 0 amide bonds. The first-order valence-electron chi connectivity index (χ1n) is 5.50. The van der Waals surface area contributed by atoms with Gasteiger partial charge in [-0.25, -0.2) is 0 Å². The molecule has 0 saturated heterocycles. The molecule has 0 saturated carbocycles. The summed E-state index contributed by atoms with van der Waals surface area (Å²) in [5, 5.41) is 7.35. The van der Waals surface area contributed by atoms with Crippen molar-refractivity contribution in [3.63, 3.8) is 0 Å². The SMILES string of the molecule is CCC(NC)c1ccc(-c2cnn(C)c2)o1. The van der Waals surface area contributed by atoms with Crippen LogP contribution in [0.4, 0.5) is 0 Å². The number of hydrogen-bond donors (Lipinski definition) is 1. The zero-order valence-electron chi connectivity index (χ0n) is 9.90. The highest BCUT2D eigenvalue weighted by atomic mass is 16.3. The molecule has 1 N–H and O–H groups in total. The van der Waals surface area contributed by atoms with Crippen molar-refractivity contribution >= 4 is 0 Å². The molecule has 0 aliphatic rings. The zero-order chi connectivity index (χ0) is 11.5. The summed E-state index contributed by atoms with van der Waals surface area (Å²) in [6, 6.07) is 4.30. The molecule has 2 rings (SSSR count). The molecular formula is C12H17N3O. The summed E-state index contributed by atoms with van der Waals surface area (Å²) in [6.45, 7) is 2.13. The van der Waals surface area contributed by atoms with Crippen LogP contribution in [0.25, 0.3) is 11.3 Å². The second-order valence-electron chi connectivity index (χ2n) is 3.85. The molecule has 0 bridgehead atoms. The molecule has 0 aliphatic carbocycles. The van der Waals surface area contributed by atoms with Gasteiger partial charge >= 0.3 is 0 Å². The van der Waals surface area contributed by atoms with Crippen LogP contribution in [0.2, 0.25) is 0 Å². The molecule has 0 aliphatic heterocycles. The van der Waals surface area contributed by atoms with Gasteiger partial charge in [-0.3, -0.25) is 4.68 Å². The van der Waals surface area contributed by atoms with E-state index < -0.39 is 0 Å². The van der Waals surface area contributed by atoms with Gasteiger partial charge in [-0.2, -0.15) is 5.10 Å². The van der Waals surface area contributed by atoms with Crippen LogP contribution in [0.3, 0.4) is 0 Å². The van der Waals surface area contributed by atoms with Crippen LogP contribution < -0.4 is 5.32 Å². The molecule has 1 unspecified atom stereocenters. The van der Waals surface area contributed by atoms with E-state index in [1.54, 1.807) is 4.68 Å². The standard InChI is InChI=1S/C12H17N3O/c1-4-10(13-2)12-6-5-11(16-12)9-7-14-15(3)8-9/h5-8,10,13H,4H2,1-3H3. The molecule has 4 nitrogen and oxygen atoms in total. The molecular weight excluding hydrogens is 202 g/mol. The summed E-state index contributed by atoms with van der Waals surface area (Å²) in [7, 11) is 3.84. The van der Waals surface area contributed by atoms with Gasteiger partial charge in [0.25, 0.3) is 0 Å². The van der Waals surface area contributed by atoms with Gasteiger partial charge in [0.15, 0.2) is 0 Å². The zero-order valence-corrected chi connectivity index (χ0v) is 9.90. The van der Waals surface area contributed by atoms with Gasteiger partial charge in [0.1, 0.15) is 11.5 Å². The van der Waals surface area contributed by atoms with Crippen molar-refractivity contribution in [1.29, 1.82) is 0 Å². The van der Waals surface area contributed by atoms with Crippen molar-refractivity contribution < 1.29 is 4.42 Å². The van der Waals surface area contributed by atoms with E-state index in [9.17, 15) is 0 Å². The van der Waals surface area contributed by atoms with E-state index in [0.717, 1.165) is 23.5 Å². The maximum atomic E-state index is 5.81. The van der Waals surface area contributed by atoms with E-state index in [2.05, 4.69) is 17.3 Å². The van der Waals surface area contributed by atoms with Crippen molar-refractivity contribution in [3.05, 3.63) is 30.3 Å². The van der Waals surface area contributed by atoms with Gasteiger partial charge in [-0.15, -0.1) is 0 Å². The molecule has 2 heterocycles. The minimum atomic E-state index is 0.283. The molecule has 0 radical (unpaired) electrons. The molecule has 2 aromatic heterocycles. The lowest BCUT2D eigenvalue weighted by atomic mass is 10.2. The Morgan fingerprint density at radius 2 is 2.31 bits per heavy atom. The van der Waals surface area contributed by atoms with Crippen molar-refractivity contribution in [2.45, 2.75) is 19.4 Å². The number of rotatable bonds is 4. The Bertz CT molecular complexity index is 454. The fourth-order valence-electron chi connectivity index (χ4n) is 1.79. The summed E-state index contributed by atoms with van der Waals surface area (Å²) >= 11 is 0. The summed E-state index contributed by atoms with van der Waals surface area (Å²) in [5.74, 6) is 1.85. The van der Waals surface area contributed by atoms with Gasteiger partial charge < -0.3 is 9.73 Å². The molecule has 86 valence electrons. The number of nitrogens with one attached hydrogen (secondary N) is 1. The Balaban J connectivity index is 2.25. The summed E-state index contributed by atoms with van der Waals surface area (Å²) in [4.78, 5) is 0. The smallest absolute Gasteiger partial charge is 0.137 e. The first-order valence-corrected chi connectivity index (χ1v) is 5.50. The minimum Gasteiger partial charge on any atom is -0.459 e. The lowest BCUT2D eigenvalue weighted by molar-refractivity contribution is 0.431. The minimum absolute atomic E-state index is 0.283. The second-order valence-corrected chi connectivity index (χ2v) is 3.85. The Morgan fingerprint density at radius 3 is 2.88 bits per heavy atom. The van der Waals surface area contributed by atoms with Gasteiger partial charge in [-0.1, -0.05) is 6.92 Å². The van der Waals surface area contributed by atoms with Crippen LogP contribution >= 0.6 is 0 Å². The van der Waals surface area contributed by atoms with Gasteiger partial charge in [0.05, 0.1) is 17.8 Å². The predicted molar refractivity (Wildman–Crippen MR) is 63.0 cm³/mol. The lowest BCUT2D eigenvalue weighted by Gasteiger charge is -2.09. The molecule has 0 spiro atoms. The molecule has 2 aromatic rings. The average molecular weight is 219 g/mol. The van der Waals surface area contributed by atoms with Gasteiger partial charge in [-0.05, 0) is 25.6 Å². The largest absolute Gasteiger partial charge is 0.459 e. The van der Waals surface area contributed by atoms with Crippen molar-refractivity contribution in [1.82, 2.24) is 15.1 Å². The Labute approximate surface area is 95.3 Å². The van der Waals surface area contributed by atoms with E-state index in [4.69, 9.17) is 4.42 Å². The van der Waals surface area contributed by atoms with Crippen LogP contribution in [0.1, 0.15) is 25.1 Å². The highest BCUT2D eigenvalue weighted by molar-refractivity contribution is 5.55. The Kier molecular flexibility index (Phi) is 3.10. The van der Waals surface area contributed by atoms with Gasteiger partial charge in [0.2, 0.25) is 0 Å². The normalized spacial score (nSPS) is 12.9. The lowest BCUT2D eigenvalue weighted by Crippen LogP contribution is -2.14. The topological polar surface area (TPSA) is 43.0 Å². The molecule has 1 atom stereocenters. The van der Waals surface area contributed by atoms with Crippen molar-refractivity contribution in [3.8, 4) is 11.3 Å². The van der Waals surface area contributed by atoms with Crippen LogP contribution in [0.15, 0.2) is 28.9 Å². The number of nitrogens with zero attached hydrogens (tertiary/aromatic N) is 2. The van der Waals surface area contributed by atoms with Crippen LogP contribution in [-0.4, -0.2) is 16.8 Å². The highest BCUT2D eigenvalue weighted by Gasteiger charge is 2.12. The van der Waals surface area contributed by atoms with Crippen LogP contribution in [0, 0.1) is 0 Å².